The number of amides is 1. The minimum atomic E-state index is -0.881. The van der Waals surface area contributed by atoms with Crippen molar-refractivity contribution in [3.8, 4) is 0 Å². The minimum absolute atomic E-state index is 0.00593. The highest BCUT2D eigenvalue weighted by Gasteiger charge is 2.48. The summed E-state index contributed by atoms with van der Waals surface area (Å²) in [6.45, 7) is 3.94. The summed E-state index contributed by atoms with van der Waals surface area (Å²) in [7, 11) is 0. The molecule has 1 N–H and O–H groups in total. The number of nitrogens with zero attached hydrogens (tertiary/aromatic N) is 1. The van der Waals surface area contributed by atoms with E-state index in [1.807, 2.05) is 13.8 Å². The van der Waals surface area contributed by atoms with Gasteiger partial charge < -0.3 is 10.0 Å². The molecular weight excluding hydrogens is 214 g/mol. The average Bonchev–Trinajstić information content (AvgIpc) is 2.74. The number of hydrogen-bond acceptors (Lipinski definition) is 3. The van der Waals surface area contributed by atoms with Crippen LogP contribution in [0.15, 0.2) is 0 Å². The van der Waals surface area contributed by atoms with Crippen molar-refractivity contribution in [2.75, 3.05) is 5.75 Å². The Morgan fingerprint density at radius 3 is 2.47 bits per heavy atom. The molecule has 2 aliphatic rings. The smallest absolute Gasteiger partial charge is 0.327 e. The first-order chi connectivity index (χ1) is 7.02. The number of hydrogen-bond donors (Lipinski definition) is 1. The molecule has 84 valence electrons. The van der Waals surface area contributed by atoms with Gasteiger partial charge in [0.2, 0.25) is 5.91 Å². The van der Waals surface area contributed by atoms with E-state index in [1.165, 1.54) is 0 Å². The summed E-state index contributed by atoms with van der Waals surface area (Å²) in [6.07, 6.45) is 0.916. The van der Waals surface area contributed by atoms with E-state index in [0.29, 0.717) is 11.7 Å². The molecule has 1 saturated heterocycles. The van der Waals surface area contributed by atoms with Gasteiger partial charge in [0.05, 0.1) is 5.37 Å². The van der Waals surface area contributed by atoms with E-state index in [1.54, 1.807) is 16.7 Å². The van der Waals surface area contributed by atoms with Gasteiger partial charge in [0.15, 0.2) is 0 Å². The van der Waals surface area contributed by atoms with E-state index >= 15 is 0 Å². The maximum Gasteiger partial charge on any atom is 0.327 e. The normalized spacial score (nSPS) is 39.2. The van der Waals surface area contributed by atoms with E-state index in [2.05, 4.69) is 0 Å². The van der Waals surface area contributed by atoms with Gasteiger partial charge in [-0.2, -0.15) is 0 Å². The molecule has 1 saturated carbocycles. The monoisotopic (exact) mass is 229 g/mol. The maximum atomic E-state index is 12.0. The number of carbonyl (C=O) groups is 2. The van der Waals surface area contributed by atoms with Crippen LogP contribution in [0, 0.1) is 11.8 Å². The average molecular weight is 229 g/mol. The first-order valence-corrected chi connectivity index (χ1v) is 6.24. The van der Waals surface area contributed by atoms with Gasteiger partial charge in [-0.3, -0.25) is 4.79 Å². The van der Waals surface area contributed by atoms with E-state index in [-0.39, 0.29) is 17.2 Å². The molecule has 0 aromatic heterocycles. The molecule has 2 fully saturated rings. The van der Waals surface area contributed by atoms with Crippen LogP contribution in [0.1, 0.15) is 20.3 Å². The SMILES string of the molecule is CC1CC1C(=O)N1C(C)SCC1C(=O)O. The largest absolute Gasteiger partial charge is 0.480 e. The van der Waals surface area contributed by atoms with E-state index in [0.717, 1.165) is 6.42 Å². The van der Waals surface area contributed by atoms with Crippen molar-refractivity contribution < 1.29 is 14.7 Å². The molecule has 0 bridgehead atoms. The first-order valence-electron chi connectivity index (χ1n) is 5.19. The van der Waals surface area contributed by atoms with Gasteiger partial charge >= 0.3 is 5.97 Å². The predicted molar refractivity (Wildman–Crippen MR) is 57.5 cm³/mol. The lowest BCUT2D eigenvalue weighted by molar-refractivity contribution is -0.149. The Bertz CT molecular complexity index is 307. The highest BCUT2D eigenvalue weighted by atomic mass is 32.2. The van der Waals surface area contributed by atoms with Crippen molar-refractivity contribution in [2.24, 2.45) is 11.8 Å². The fraction of sp³-hybridized carbons (Fsp3) is 0.800. The van der Waals surface area contributed by atoms with Crippen LogP contribution < -0.4 is 0 Å². The molecule has 4 nitrogen and oxygen atoms in total. The van der Waals surface area contributed by atoms with Crippen molar-refractivity contribution in [1.29, 1.82) is 0 Å². The van der Waals surface area contributed by atoms with Crippen molar-refractivity contribution >= 4 is 23.6 Å². The summed E-state index contributed by atoms with van der Waals surface area (Å²) < 4.78 is 0. The number of aliphatic carboxylic acids is 1. The van der Waals surface area contributed by atoms with Crippen molar-refractivity contribution in [1.82, 2.24) is 4.90 Å². The molecule has 0 aromatic rings. The number of rotatable bonds is 2. The summed E-state index contributed by atoms with van der Waals surface area (Å²) in [5.41, 5.74) is 0. The van der Waals surface area contributed by atoms with E-state index < -0.39 is 12.0 Å². The minimum Gasteiger partial charge on any atom is -0.480 e. The molecule has 4 atom stereocenters. The molecule has 4 unspecified atom stereocenters. The Hall–Kier alpha value is -0.710. The molecule has 1 heterocycles. The standard InChI is InChI=1S/C10H15NO3S/c1-5-3-7(5)9(12)11-6(2)15-4-8(11)10(13)14/h5-8H,3-4H2,1-2H3,(H,13,14). The van der Waals surface area contributed by atoms with Gasteiger partial charge in [-0.15, -0.1) is 11.8 Å². The van der Waals surface area contributed by atoms with Gasteiger partial charge in [0.25, 0.3) is 0 Å². The molecule has 0 aromatic carbocycles. The van der Waals surface area contributed by atoms with Crippen LogP contribution >= 0.6 is 11.8 Å². The number of carbonyl (C=O) groups excluding carboxylic acids is 1. The third kappa shape index (κ3) is 1.85. The molecule has 1 aliphatic carbocycles. The Morgan fingerprint density at radius 1 is 1.40 bits per heavy atom. The topological polar surface area (TPSA) is 57.6 Å². The molecule has 0 spiro atoms. The van der Waals surface area contributed by atoms with Gasteiger partial charge in [-0.1, -0.05) is 6.92 Å². The number of carboxylic acids is 1. The van der Waals surface area contributed by atoms with Crippen molar-refractivity contribution in [3.63, 3.8) is 0 Å². The lowest BCUT2D eigenvalue weighted by atomic mass is 10.2. The van der Waals surface area contributed by atoms with Crippen LogP contribution in [-0.4, -0.2) is 39.1 Å². The first kappa shape index (κ1) is 10.8. The van der Waals surface area contributed by atoms with Crippen molar-refractivity contribution in [2.45, 2.75) is 31.7 Å². The van der Waals surface area contributed by atoms with Crippen LogP contribution in [0.2, 0.25) is 0 Å². The Balaban J connectivity index is 2.10. The summed E-state index contributed by atoms with van der Waals surface area (Å²) in [4.78, 5) is 24.5. The summed E-state index contributed by atoms with van der Waals surface area (Å²) >= 11 is 1.54. The van der Waals surface area contributed by atoms with Crippen LogP contribution in [0.25, 0.3) is 0 Å². The second-order valence-corrected chi connectivity index (χ2v) is 5.70. The van der Waals surface area contributed by atoms with Crippen LogP contribution in [-0.2, 0) is 9.59 Å². The highest BCUT2D eigenvalue weighted by molar-refractivity contribution is 8.00. The molecule has 0 radical (unpaired) electrons. The third-order valence-electron chi connectivity index (χ3n) is 3.19. The predicted octanol–water partition coefficient (Wildman–Crippen LogP) is 1.02. The van der Waals surface area contributed by atoms with Gasteiger partial charge in [0.1, 0.15) is 6.04 Å². The fourth-order valence-electron chi connectivity index (χ4n) is 2.03. The Labute approximate surface area is 93.0 Å². The van der Waals surface area contributed by atoms with Gasteiger partial charge in [0, 0.05) is 11.7 Å². The summed E-state index contributed by atoms with van der Waals surface area (Å²) in [5, 5.41) is 9.02. The molecular formula is C10H15NO3S. The molecule has 2 rings (SSSR count). The maximum absolute atomic E-state index is 12.0. The molecule has 5 heteroatoms. The molecule has 15 heavy (non-hydrogen) atoms. The Kier molecular flexibility index (Phi) is 2.66. The molecule has 1 amide bonds. The second kappa shape index (κ2) is 3.70. The second-order valence-electron chi connectivity index (χ2n) is 4.35. The zero-order valence-corrected chi connectivity index (χ0v) is 9.66. The van der Waals surface area contributed by atoms with E-state index in [4.69, 9.17) is 5.11 Å². The van der Waals surface area contributed by atoms with Gasteiger partial charge in [-0.25, -0.2) is 4.79 Å². The zero-order valence-electron chi connectivity index (χ0n) is 8.84. The van der Waals surface area contributed by atoms with E-state index in [9.17, 15) is 9.59 Å². The zero-order chi connectivity index (χ0) is 11.2. The lowest BCUT2D eigenvalue weighted by Crippen LogP contribution is -2.45. The Morgan fingerprint density at radius 2 is 2.00 bits per heavy atom. The van der Waals surface area contributed by atoms with Crippen molar-refractivity contribution in [3.05, 3.63) is 0 Å². The molecule has 1 aliphatic heterocycles. The fourth-order valence-corrected chi connectivity index (χ4v) is 3.20. The van der Waals surface area contributed by atoms with Gasteiger partial charge in [-0.05, 0) is 19.3 Å². The van der Waals surface area contributed by atoms with Crippen LogP contribution in [0.5, 0.6) is 0 Å². The summed E-state index contributed by atoms with van der Waals surface area (Å²) in [5.74, 6) is 0.183. The summed E-state index contributed by atoms with van der Waals surface area (Å²) in [6, 6.07) is -0.620. The number of thioether (sulfide) groups is 1. The van der Waals surface area contributed by atoms with Crippen LogP contribution in [0.4, 0.5) is 0 Å². The highest BCUT2D eigenvalue weighted by Crippen LogP contribution is 2.42. The quantitative estimate of drug-likeness (QED) is 0.768. The van der Waals surface area contributed by atoms with Crippen LogP contribution in [0.3, 0.4) is 0 Å². The number of carboxylic acid groups (broad SMARTS) is 1. The third-order valence-corrected chi connectivity index (χ3v) is 4.41. The lowest BCUT2D eigenvalue weighted by Gasteiger charge is -2.25.